The van der Waals surface area contributed by atoms with Crippen molar-refractivity contribution in [1.29, 1.82) is 0 Å². The maximum atomic E-state index is 11.7. The van der Waals surface area contributed by atoms with Gasteiger partial charge in [-0.15, -0.1) is 0 Å². The second-order valence-electron chi connectivity index (χ2n) is 3.59. The van der Waals surface area contributed by atoms with Crippen molar-refractivity contribution >= 4 is 16.1 Å². The highest BCUT2D eigenvalue weighted by Gasteiger charge is 2.49. The molecule has 0 aliphatic carbocycles. The normalized spacial score (nSPS) is 13.7. The zero-order valence-corrected chi connectivity index (χ0v) is 8.90. The molecule has 0 aromatic heterocycles. The molecular weight excluding hydrogens is 241 g/mol. The van der Waals surface area contributed by atoms with E-state index < -0.39 is 27.0 Å². The Morgan fingerprint density at radius 3 is 1.80 bits per heavy atom. The van der Waals surface area contributed by atoms with Crippen molar-refractivity contribution in [1.82, 2.24) is 0 Å². The molecule has 5 nitrogen and oxygen atoms in total. The van der Waals surface area contributed by atoms with E-state index in [1.165, 1.54) is 20.8 Å². The molecule has 0 spiro atoms. The average molecular weight is 250 g/mol. The summed E-state index contributed by atoms with van der Waals surface area (Å²) in [6, 6.07) is 0. The third-order valence-corrected chi connectivity index (χ3v) is 1.91. The van der Waals surface area contributed by atoms with Crippen molar-refractivity contribution in [3.63, 3.8) is 0 Å². The molecule has 0 atom stereocenters. The Balaban J connectivity index is 4.51. The van der Waals surface area contributed by atoms with E-state index in [0.717, 1.165) is 0 Å². The maximum Gasteiger partial charge on any atom is 0.526 e. The lowest BCUT2D eigenvalue weighted by atomic mass is 9.98. The van der Waals surface area contributed by atoms with Crippen LogP contribution in [0.25, 0.3) is 0 Å². The number of hydrogen-bond donors (Lipinski definition) is 0. The van der Waals surface area contributed by atoms with E-state index in [-0.39, 0.29) is 0 Å². The summed E-state index contributed by atoms with van der Waals surface area (Å²) < 4.78 is 58.6. The van der Waals surface area contributed by atoms with Crippen LogP contribution in [0.4, 0.5) is 13.2 Å². The fourth-order valence-electron chi connectivity index (χ4n) is 0.239. The summed E-state index contributed by atoms with van der Waals surface area (Å²) in [6.07, 6.45) is 0. The van der Waals surface area contributed by atoms with Gasteiger partial charge in [-0.05, 0) is 25.1 Å². The third kappa shape index (κ3) is 4.04. The zero-order valence-electron chi connectivity index (χ0n) is 8.08. The molecule has 0 unspecified atom stereocenters. The summed E-state index contributed by atoms with van der Waals surface area (Å²) in [5, 5.41) is 0. The van der Waals surface area contributed by atoms with Gasteiger partial charge in [-0.25, -0.2) is 4.79 Å². The van der Waals surface area contributed by atoms with Crippen molar-refractivity contribution in [3.8, 4) is 0 Å². The van der Waals surface area contributed by atoms with Crippen LogP contribution < -0.4 is 0 Å². The topological polar surface area (TPSA) is 69.7 Å². The standard InChI is InChI=1S/C6H9F3O5S/c1-5(2,3)4(10)13-14-15(11,12)6(7,8)9/h1-3H3. The number of carbonyl (C=O) groups excluding carboxylic acids is 1. The Bertz CT molecular complexity index is 337. The largest absolute Gasteiger partial charge is 0.526 e. The van der Waals surface area contributed by atoms with Crippen LogP contribution in [-0.2, 0) is 24.1 Å². The molecule has 0 saturated carbocycles. The lowest BCUT2D eigenvalue weighted by molar-refractivity contribution is -0.226. The molecule has 15 heavy (non-hydrogen) atoms. The van der Waals surface area contributed by atoms with Crippen molar-refractivity contribution in [2.24, 2.45) is 5.41 Å². The SMILES string of the molecule is CC(C)(C)C(=O)OOS(=O)(=O)C(F)(F)F. The van der Waals surface area contributed by atoms with Crippen LogP contribution in [0.2, 0.25) is 0 Å². The van der Waals surface area contributed by atoms with Crippen molar-refractivity contribution in [3.05, 3.63) is 0 Å². The summed E-state index contributed by atoms with van der Waals surface area (Å²) in [5.41, 5.74) is -6.79. The van der Waals surface area contributed by atoms with E-state index in [1.54, 1.807) is 0 Å². The molecule has 0 saturated heterocycles. The first-order chi connectivity index (χ1) is 6.38. The molecule has 0 heterocycles. The van der Waals surface area contributed by atoms with E-state index in [4.69, 9.17) is 0 Å². The van der Waals surface area contributed by atoms with Gasteiger partial charge in [0.05, 0.1) is 5.41 Å². The fraction of sp³-hybridized carbons (Fsp3) is 0.833. The molecule has 0 radical (unpaired) electrons. The minimum atomic E-state index is -5.90. The Labute approximate surface area is 84.2 Å². The first-order valence-electron chi connectivity index (χ1n) is 3.60. The molecule has 90 valence electrons. The molecule has 0 aliphatic rings. The molecule has 0 aromatic rings. The van der Waals surface area contributed by atoms with Gasteiger partial charge in [-0.2, -0.15) is 21.6 Å². The van der Waals surface area contributed by atoms with Crippen LogP contribution in [0.15, 0.2) is 0 Å². The number of alkyl halides is 3. The molecule has 0 aromatic carbocycles. The maximum absolute atomic E-state index is 11.7. The van der Waals surface area contributed by atoms with Gasteiger partial charge in [-0.3, -0.25) is 4.89 Å². The van der Waals surface area contributed by atoms with Gasteiger partial charge in [0, 0.05) is 0 Å². The van der Waals surface area contributed by atoms with E-state index in [1.807, 2.05) is 0 Å². The van der Waals surface area contributed by atoms with Crippen LogP contribution in [0.1, 0.15) is 20.8 Å². The smallest absolute Gasteiger partial charge is 0.281 e. The molecule has 0 bridgehead atoms. The van der Waals surface area contributed by atoms with Crippen molar-refractivity contribution < 1.29 is 35.6 Å². The highest BCUT2D eigenvalue weighted by Crippen LogP contribution is 2.25. The molecule has 9 heteroatoms. The second kappa shape index (κ2) is 3.97. The minimum absolute atomic E-state index is 1.17. The first kappa shape index (κ1) is 14.2. The summed E-state index contributed by atoms with van der Waals surface area (Å²) in [7, 11) is -5.90. The minimum Gasteiger partial charge on any atom is -0.281 e. The average Bonchev–Trinajstić information content (AvgIpc) is 1.96. The van der Waals surface area contributed by atoms with Crippen molar-refractivity contribution in [2.75, 3.05) is 0 Å². The van der Waals surface area contributed by atoms with Gasteiger partial charge < -0.3 is 0 Å². The van der Waals surface area contributed by atoms with E-state index in [9.17, 15) is 26.4 Å². The summed E-state index contributed by atoms with van der Waals surface area (Å²) in [6.45, 7) is 3.96. The predicted molar refractivity (Wildman–Crippen MR) is 41.6 cm³/mol. The zero-order chi connectivity index (χ0) is 12.5. The van der Waals surface area contributed by atoms with Gasteiger partial charge in [-0.1, -0.05) is 0 Å². The highest BCUT2D eigenvalue weighted by molar-refractivity contribution is 7.87. The lowest BCUT2D eigenvalue weighted by Gasteiger charge is -2.14. The van der Waals surface area contributed by atoms with Crippen LogP contribution in [-0.4, -0.2) is 19.9 Å². The molecule has 0 aliphatic heterocycles. The predicted octanol–water partition coefficient (Wildman–Crippen LogP) is 1.36. The summed E-state index contributed by atoms with van der Waals surface area (Å²) in [5.74, 6) is -1.23. The Morgan fingerprint density at radius 2 is 1.53 bits per heavy atom. The Kier molecular flexibility index (Phi) is 3.75. The van der Waals surface area contributed by atoms with Gasteiger partial charge in [0.15, 0.2) is 0 Å². The van der Waals surface area contributed by atoms with Crippen LogP contribution in [0.5, 0.6) is 0 Å². The van der Waals surface area contributed by atoms with Gasteiger partial charge in [0.2, 0.25) is 0 Å². The van der Waals surface area contributed by atoms with E-state index in [2.05, 4.69) is 9.22 Å². The van der Waals surface area contributed by atoms with E-state index >= 15 is 0 Å². The van der Waals surface area contributed by atoms with E-state index in [0.29, 0.717) is 0 Å². The molecule has 0 N–H and O–H groups in total. The highest BCUT2D eigenvalue weighted by atomic mass is 32.2. The summed E-state index contributed by atoms with van der Waals surface area (Å²) in [4.78, 5) is 14.4. The molecule has 0 amide bonds. The van der Waals surface area contributed by atoms with Gasteiger partial charge in [0.1, 0.15) is 0 Å². The van der Waals surface area contributed by atoms with Gasteiger partial charge >= 0.3 is 21.6 Å². The lowest BCUT2D eigenvalue weighted by Crippen LogP contribution is -2.30. The fourth-order valence-corrected chi connectivity index (χ4v) is 0.468. The number of halogens is 3. The number of rotatable bonds is 2. The van der Waals surface area contributed by atoms with Crippen molar-refractivity contribution in [2.45, 2.75) is 26.3 Å². The molecule has 0 fully saturated rings. The summed E-state index contributed by atoms with van der Waals surface area (Å²) >= 11 is 0. The van der Waals surface area contributed by atoms with Gasteiger partial charge in [0.25, 0.3) is 0 Å². The Morgan fingerprint density at radius 1 is 1.13 bits per heavy atom. The quantitative estimate of drug-likeness (QED) is 0.420. The van der Waals surface area contributed by atoms with Crippen LogP contribution >= 0.6 is 0 Å². The third-order valence-electron chi connectivity index (χ3n) is 1.10. The molecular formula is C6H9F3O5S. The van der Waals surface area contributed by atoms with Crippen LogP contribution in [0.3, 0.4) is 0 Å². The molecule has 0 rings (SSSR count). The number of carbonyl (C=O) groups is 1. The Hall–Kier alpha value is -0.830. The van der Waals surface area contributed by atoms with Crippen LogP contribution in [0, 0.1) is 5.41 Å². The number of hydrogen-bond acceptors (Lipinski definition) is 5. The second-order valence-corrected chi connectivity index (χ2v) is 5.10. The monoisotopic (exact) mass is 250 g/mol. The first-order valence-corrected chi connectivity index (χ1v) is 5.00.